The van der Waals surface area contributed by atoms with E-state index in [9.17, 15) is 19.3 Å². The molecule has 2 heterocycles. The lowest BCUT2D eigenvalue weighted by Gasteiger charge is -2.08. The van der Waals surface area contributed by atoms with Gasteiger partial charge in [-0.15, -0.1) is 0 Å². The number of benzene rings is 1. The van der Waals surface area contributed by atoms with Crippen molar-refractivity contribution in [2.24, 2.45) is 0 Å². The molecule has 0 unspecified atom stereocenters. The van der Waals surface area contributed by atoms with Gasteiger partial charge in [-0.2, -0.15) is 10.2 Å². The number of nitro groups is 1. The van der Waals surface area contributed by atoms with Crippen molar-refractivity contribution < 1.29 is 14.1 Å². The summed E-state index contributed by atoms with van der Waals surface area (Å²) in [6, 6.07) is 4.12. The Morgan fingerprint density at radius 3 is 2.73 bits per heavy atom. The highest BCUT2D eigenvalue weighted by atomic mass is 19.1. The molecule has 3 aromatic rings. The maximum Gasteiger partial charge on any atom is 0.312 e. The van der Waals surface area contributed by atoms with E-state index in [-0.39, 0.29) is 35.0 Å². The van der Waals surface area contributed by atoms with Gasteiger partial charge in [-0.3, -0.25) is 19.6 Å². The van der Waals surface area contributed by atoms with Gasteiger partial charge in [0, 0.05) is 5.69 Å². The van der Waals surface area contributed by atoms with Crippen LogP contribution < -0.4 is 5.32 Å². The molecule has 0 aliphatic carbocycles. The largest absolute Gasteiger partial charge is 0.324 e. The molecule has 0 atom stereocenters. The van der Waals surface area contributed by atoms with Crippen molar-refractivity contribution in [2.75, 3.05) is 5.32 Å². The fourth-order valence-corrected chi connectivity index (χ4v) is 2.55. The highest BCUT2D eigenvalue weighted by molar-refractivity contribution is 5.90. The van der Waals surface area contributed by atoms with Crippen LogP contribution in [0, 0.1) is 29.8 Å². The molecule has 2 aromatic heterocycles. The lowest BCUT2D eigenvalue weighted by Crippen LogP contribution is -2.20. The second-order valence-corrected chi connectivity index (χ2v) is 5.49. The highest BCUT2D eigenvalue weighted by Gasteiger charge is 2.22. The molecular formula is C15H14FN7O3. The van der Waals surface area contributed by atoms with E-state index >= 15 is 0 Å². The van der Waals surface area contributed by atoms with Crippen molar-refractivity contribution in [3.8, 4) is 5.69 Å². The first-order valence-corrected chi connectivity index (χ1v) is 7.49. The Morgan fingerprint density at radius 2 is 2.15 bits per heavy atom. The summed E-state index contributed by atoms with van der Waals surface area (Å²) in [4.78, 5) is 26.4. The van der Waals surface area contributed by atoms with E-state index in [4.69, 9.17) is 0 Å². The van der Waals surface area contributed by atoms with Gasteiger partial charge in [0.2, 0.25) is 5.91 Å². The third-order valence-electron chi connectivity index (χ3n) is 3.72. The summed E-state index contributed by atoms with van der Waals surface area (Å²) in [5.41, 5.74) is 0.807. The van der Waals surface area contributed by atoms with Crippen molar-refractivity contribution in [3.05, 3.63) is 58.2 Å². The van der Waals surface area contributed by atoms with Gasteiger partial charge in [0.05, 0.1) is 4.92 Å². The van der Waals surface area contributed by atoms with Crippen LogP contribution in [0.1, 0.15) is 11.4 Å². The van der Waals surface area contributed by atoms with Gasteiger partial charge < -0.3 is 5.32 Å². The maximum atomic E-state index is 14.2. The Morgan fingerprint density at radius 1 is 1.38 bits per heavy atom. The molecule has 0 spiro atoms. The molecule has 1 aromatic carbocycles. The Kier molecular flexibility index (Phi) is 4.43. The van der Waals surface area contributed by atoms with E-state index in [2.05, 4.69) is 20.5 Å². The Balaban J connectivity index is 1.74. The monoisotopic (exact) mass is 359 g/mol. The minimum atomic E-state index is -0.588. The zero-order valence-electron chi connectivity index (χ0n) is 13.9. The number of aromatic nitrogens is 5. The smallest absolute Gasteiger partial charge is 0.312 e. The quantitative estimate of drug-likeness (QED) is 0.547. The Hall–Kier alpha value is -3.63. The van der Waals surface area contributed by atoms with E-state index < -0.39 is 16.6 Å². The van der Waals surface area contributed by atoms with Gasteiger partial charge in [-0.1, -0.05) is 0 Å². The van der Waals surface area contributed by atoms with Crippen LogP contribution in [-0.4, -0.2) is 35.4 Å². The fourth-order valence-electron chi connectivity index (χ4n) is 2.55. The van der Waals surface area contributed by atoms with Crippen molar-refractivity contribution in [2.45, 2.75) is 20.4 Å². The van der Waals surface area contributed by atoms with Crippen LogP contribution in [0.5, 0.6) is 0 Å². The van der Waals surface area contributed by atoms with Gasteiger partial charge in [-0.25, -0.2) is 14.1 Å². The Labute approximate surface area is 146 Å². The molecule has 1 amide bonds. The van der Waals surface area contributed by atoms with Crippen molar-refractivity contribution in [1.29, 1.82) is 0 Å². The molecule has 1 N–H and O–H groups in total. The Bertz CT molecular complexity index is 982. The average molecular weight is 359 g/mol. The second kappa shape index (κ2) is 6.70. The predicted octanol–water partition coefficient (Wildman–Crippen LogP) is 1.77. The summed E-state index contributed by atoms with van der Waals surface area (Å²) in [7, 11) is 0. The summed E-state index contributed by atoms with van der Waals surface area (Å²) in [6.07, 6.45) is 2.63. The fraction of sp³-hybridized carbons (Fsp3) is 0.200. The van der Waals surface area contributed by atoms with Crippen molar-refractivity contribution >= 4 is 17.3 Å². The average Bonchev–Trinajstić information content (AvgIpc) is 3.16. The zero-order valence-corrected chi connectivity index (χ0v) is 13.9. The highest BCUT2D eigenvalue weighted by Crippen LogP contribution is 2.22. The van der Waals surface area contributed by atoms with Crippen molar-refractivity contribution in [1.82, 2.24) is 24.5 Å². The lowest BCUT2D eigenvalue weighted by atomic mass is 10.2. The van der Waals surface area contributed by atoms with E-state index in [1.165, 1.54) is 48.0 Å². The molecule has 0 aliphatic heterocycles. The first kappa shape index (κ1) is 17.2. The molecular weight excluding hydrogens is 345 g/mol. The number of nitrogens with zero attached hydrogens (tertiary/aromatic N) is 6. The van der Waals surface area contributed by atoms with Crippen molar-refractivity contribution in [3.63, 3.8) is 0 Å². The number of rotatable bonds is 5. The van der Waals surface area contributed by atoms with Crippen LogP contribution in [0.15, 0.2) is 30.9 Å². The first-order chi connectivity index (χ1) is 12.4. The molecule has 134 valence electrons. The number of carbonyl (C=O) groups excluding carboxylic acids is 1. The lowest BCUT2D eigenvalue weighted by molar-refractivity contribution is -0.386. The minimum absolute atomic E-state index is 0.124. The van der Waals surface area contributed by atoms with Gasteiger partial charge in [0.25, 0.3) is 0 Å². The molecule has 0 saturated heterocycles. The number of carbonyl (C=O) groups is 1. The normalized spacial score (nSPS) is 10.7. The number of hydrogen-bond acceptors (Lipinski definition) is 6. The molecule has 0 radical (unpaired) electrons. The summed E-state index contributed by atoms with van der Waals surface area (Å²) >= 11 is 0. The second-order valence-electron chi connectivity index (χ2n) is 5.49. The predicted molar refractivity (Wildman–Crippen MR) is 88.3 cm³/mol. The van der Waals surface area contributed by atoms with Crippen LogP contribution >= 0.6 is 0 Å². The third-order valence-corrected chi connectivity index (χ3v) is 3.72. The maximum absolute atomic E-state index is 14.2. The first-order valence-electron chi connectivity index (χ1n) is 7.49. The molecule has 26 heavy (non-hydrogen) atoms. The van der Waals surface area contributed by atoms with Gasteiger partial charge in [0.15, 0.2) is 5.82 Å². The number of nitrogens with one attached hydrogen (secondary N) is 1. The van der Waals surface area contributed by atoms with Gasteiger partial charge >= 0.3 is 5.69 Å². The third kappa shape index (κ3) is 3.27. The molecule has 3 rings (SSSR count). The number of amides is 1. The van der Waals surface area contributed by atoms with E-state index in [0.717, 1.165) is 6.07 Å². The van der Waals surface area contributed by atoms with E-state index in [0.29, 0.717) is 0 Å². The number of anilines is 1. The van der Waals surface area contributed by atoms with Crippen LogP contribution in [0.3, 0.4) is 0 Å². The number of aryl methyl sites for hydroxylation is 1. The summed E-state index contributed by atoms with van der Waals surface area (Å²) in [5, 5.41) is 21.4. The van der Waals surface area contributed by atoms with Gasteiger partial charge in [-0.05, 0) is 32.0 Å². The standard InChI is InChI=1S/C15H14FN7O3/c1-9-15(23(25)26)10(2)21(20-9)6-14(24)19-11-3-4-13(12(16)5-11)22-8-17-7-18-22/h3-5,7-8H,6H2,1-2H3,(H,19,24). The molecule has 10 nitrogen and oxygen atoms in total. The minimum Gasteiger partial charge on any atom is -0.324 e. The van der Waals surface area contributed by atoms with Crippen LogP contribution in [0.2, 0.25) is 0 Å². The summed E-state index contributed by atoms with van der Waals surface area (Å²) < 4.78 is 16.7. The molecule has 0 fully saturated rings. The van der Waals surface area contributed by atoms with E-state index in [1.807, 2.05) is 0 Å². The topological polar surface area (TPSA) is 121 Å². The molecule has 0 aliphatic rings. The molecule has 0 bridgehead atoms. The zero-order chi connectivity index (χ0) is 18.8. The number of hydrogen-bond donors (Lipinski definition) is 1. The van der Waals surface area contributed by atoms with E-state index in [1.54, 1.807) is 0 Å². The van der Waals surface area contributed by atoms with Crippen LogP contribution in [-0.2, 0) is 11.3 Å². The molecule has 0 saturated carbocycles. The van der Waals surface area contributed by atoms with Gasteiger partial charge in [0.1, 0.15) is 36.3 Å². The molecule has 11 heteroatoms. The SMILES string of the molecule is Cc1nn(CC(=O)Nc2ccc(-n3cncn3)c(F)c2)c(C)c1[N+](=O)[O-]. The summed E-state index contributed by atoms with van der Waals surface area (Å²) in [6.45, 7) is 2.78. The number of halogens is 1. The van der Waals surface area contributed by atoms with Crippen LogP contribution in [0.4, 0.5) is 15.8 Å². The summed E-state index contributed by atoms with van der Waals surface area (Å²) in [5.74, 6) is -1.08. The van der Waals surface area contributed by atoms with Crippen LogP contribution in [0.25, 0.3) is 5.69 Å².